The van der Waals surface area contributed by atoms with Gasteiger partial charge in [0.15, 0.2) is 0 Å². The maximum Gasteiger partial charge on any atom is 0.274 e. The highest BCUT2D eigenvalue weighted by Crippen LogP contribution is 2.50. The molecule has 1 amide bonds. The Bertz CT molecular complexity index is 1050. The molecule has 0 spiro atoms. The Kier molecular flexibility index (Phi) is 5.83. The summed E-state index contributed by atoms with van der Waals surface area (Å²) in [5.41, 5.74) is 4.98. The highest BCUT2D eigenvalue weighted by molar-refractivity contribution is 7.81. The van der Waals surface area contributed by atoms with Crippen LogP contribution in [0.2, 0.25) is 0 Å². The van der Waals surface area contributed by atoms with Crippen LogP contribution in [0.5, 0.6) is 0 Å². The van der Waals surface area contributed by atoms with Crippen LogP contribution < -0.4 is 11.1 Å². The van der Waals surface area contributed by atoms with Crippen molar-refractivity contribution in [2.75, 3.05) is 12.4 Å². The van der Waals surface area contributed by atoms with Gasteiger partial charge >= 0.3 is 0 Å². The van der Waals surface area contributed by atoms with E-state index in [4.69, 9.17) is 15.7 Å². The highest BCUT2D eigenvalue weighted by atomic mass is 32.1. The number of methoxy groups -OCH3 is 1. The zero-order chi connectivity index (χ0) is 22.1. The molecule has 1 aromatic carbocycles. The van der Waals surface area contributed by atoms with Gasteiger partial charge in [-0.05, 0) is 37.3 Å². The minimum atomic E-state index is -1.15. The average Bonchev–Trinajstić information content (AvgIpc) is 3.00. The van der Waals surface area contributed by atoms with Crippen molar-refractivity contribution in [2.45, 2.75) is 36.7 Å². The number of pyridine rings is 1. The van der Waals surface area contributed by atoms with Crippen LogP contribution in [-0.4, -0.2) is 34.7 Å². The topological polar surface area (TPSA) is 113 Å². The molecule has 3 atom stereocenters. The molecule has 156 valence electrons. The number of nitrogens with one attached hydrogen (secondary N) is 1. The summed E-state index contributed by atoms with van der Waals surface area (Å²) in [6.07, 6.45) is 1.61. The second-order valence-corrected chi connectivity index (χ2v) is 8.09. The van der Waals surface area contributed by atoms with E-state index >= 15 is 0 Å². The van der Waals surface area contributed by atoms with Crippen LogP contribution in [-0.2, 0) is 10.3 Å². The first-order chi connectivity index (χ1) is 14.2. The molecule has 3 N–H and O–H groups in total. The molecule has 0 radical (unpaired) electrons. The third-order valence-electron chi connectivity index (χ3n) is 5.55. The minimum absolute atomic E-state index is 0.129. The van der Waals surface area contributed by atoms with E-state index in [0.717, 1.165) is 0 Å². The molecular formula is C21H22FN5O2S. The van der Waals surface area contributed by atoms with Gasteiger partial charge in [-0.15, -0.1) is 0 Å². The lowest BCUT2D eigenvalue weighted by atomic mass is 9.74. The van der Waals surface area contributed by atoms with E-state index in [0.29, 0.717) is 23.5 Å². The van der Waals surface area contributed by atoms with E-state index in [2.05, 4.69) is 27.9 Å². The number of benzene rings is 1. The van der Waals surface area contributed by atoms with E-state index in [1.807, 2.05) is 13.0 Å². The molecule has 0 saturated heterocycles. The lowest BCUT2D eigenvalue weighted by Crippen LogP contribution is -2.53. The Morgan fingerprint density at radius 2 is 2.17 bits per heavy atom. The van der Waals surface area contributed by atoms with Crippen molar-refractivity contribution in [3.63, 3.8) is 0 Å². The fourth-order valence-corrected chi connectivity index (χ4v) is 4.36. The molecule has 9 heteroatoms. The number of carbonyl (C=O) groups excluding carboxylic acids is 1. The van der Waals surface area contributed by atoms with Crippen LogP contribution in [0.4, 0.5) is 10.1 Å². The van der Waals surface area contributed by atoms with E-state index in [-0.39, 0.29) is 16.5 Å². The minimum Gasteiger partial charge on any atom is -0.387 e. The second kappa shape index (κ2) is 8.05. The van der Waals surface area contributed by atoms with Gasteiger partial charge in [0.25, 0.3) is 5.91 Å². The number of nitrogens with two attached hydrogens (primary N) is 1. The second-order valence-electron chi connectivity index (χ2n) is 7.31. The number of halogens is 1. The molecule has 2 heterocycles. The molecule has 3 rings (SSSR count). The molecule has 7 nitrogen and oxygen atoms in total. The molecule has 0 fully saturated rings. The predicted octanol–water partition coefficient (Wildman–Crippen LogP) is 3.02. The van der Waals surface area contributed by atoms with Crippen molar-refractivity contribution in [3.8, 4) is 6.07 Å². The van der Waals surface area contributed by atoms with Crippen molar-refractivity contribution in [2.24, 2.45) is 10.7 Å². The van der Waals surface area contributed by atoms with Crippen LogP contribution in [0.1, 0.15) is 41.9 Å². The number of amidine groups is 1. The summed E-state index contributed by atoms with van der Waals surface area (Å²) >= 11 is 4.57. The number of aromatic nitrogens is 1. The van der Waals surface area contributed by atoms with Gasteiger partial charge in [-0.1, -0.05) is 6.92 Å². The number of nitriles is 1. The number of anilines is 1. The van der Waals surface area contributed by atoms with E-state index < -0.39 is 22.9 Å². The monoisotopic (exact) mass is 427 g/mol. The van der Waals surface area contributed by atoms with Crippen LogP contribution in [0.15, 0.2) is 41.5 Å². The number of rotatable bonds is 5. The molecule has 0 aliphatic carbocycles. The quantitative estimate of drug-likeness (QED) is 0.635. The molecule has 1 aromatic heterocycles. The van der Waals surface area contributed by atoms with E-state index in [1.54, 1.807) is 6.92 Å². The first-order valence-electron chi connectivity index (χ1n) is 9.22. The first kappa shape index (κ1) is 21.7. The van der Waals surface area contributed by atoms with Gasteiger partial charge in [-0.3, -0.25) is 9.79 Å². The highest BCUT2D eigenvalue weighted by Gasteiger charge is 2.57. The summed E-state index contributed by atoms with van der Waals surface area (Å²) in [7, 11) is 1.53. The first-order valence-corrected chi connectivity index (χ1v) is 9.73. The maximum absolute atomic E-state index is 14.9. The molecule has 0 saturated carbocycles. The Labute approximate surface area is 179 Å². The molecule has 30 heavy (non-hydrogen) atoms. The molecule has 1 aliphatic heterocycles. The molecule has 2 aromatic rings. The Morgan fingerprint density at radius 1 is 1.43 bits per heavy atom. The number of ether oxygens (including phenoxy) is 1. The lowest BCUT2D eigenvalue weighted by molar-refractivity contribution is -0.0525. The predicted molar refractivity (Wildman–Crippen MR) is 115 cm³/mol. The maximum atomic E-state index is 14.9. The summed E-state index contributed by atoms with van der Waals surface area (Å²) < 4.78 is 20.7. The van der Waals surface area contributed by atoms with Gasteiger partial charge in [0.1, 0.15) is 28.7 Å². The molecule has 1 aliphatic rings. The number of amides is 1. The largest absolute Gasteiger partial charge is 0.387 e. The fraction of sp³-hybridized carbons (Fsp3) is 0.333. The number of thiol groups is 1. The molecule has 0 bridgehead atoms. The third-order valence-corrected chi connectivity index (χ3v) is 5.97. The number of aliphatic imine (C=N–C) groups is 1. The summed E-state index contributed by atoms with van der Waals surface area (Å²) in [6.45, 7) is 3.59. The van der Waals surface area contributed by atoms with Gasteiger partial charge < -0.3 is 15.8 Å². The van der Waals surface area contributed by atoms with Crippen LogP contribution >= 0.6 is 12.6 Å². The van der Waals surface area contributed by atoms with Crippen molar-refractivity contribution in [3.05, 3.63) is 59.2 Å². The smallest absolute Gasteiger partial charge is 0.274 e. The van der Waals surface area contributed by atoms with Crippen molar-refractivity contribution < 1.29 is 13.9 Å². The van der Waals surface area contributed by atoms with Gasteiger partial charge in [0.2, 0.25) is 0 Å². The summed E-state index contributed by atoms with van der Waals surface area (Å²) in [4.78, 5) is 21.0. The van der Waals surface area contributed by atoms with E-state index in [9.17, 15) is 9.18 Å². The van der Waals surface area contributed by atoms with Gasteiger partial charge in [0.05, 0.1) is 11.4 Å². The standard InChI is InChI=1S/C21H22FN5O2S/c1-12(30)21(29-3)9-18(24)27-20(21,2)15-8-14(5-6-16(15)22)26-19(28)17-7-4-13(10-23)11-25-17/h4-8,11-12,30H,9H2,1-3H3,(H2,24,27)(H,26,28)/t12-,20-,21-/m1/s1. The zero-order valence-electron chi connectivity index (χ0n) is 16.8. The Balaban J connectivity index is 1.98. The summed E-state index contributed by atoms with van der Waals surface area (Å²) in [6, 6.07) is 9.11. The fourth-order valence-electron chi connectivity index (χ4n) is 3.91. The number of hydrogen-bond donors (Lipinski definition) is 3. The van der Waals surface area contributed by atoms with Gasteiger partial charge in [-0.2, -0.15) is 17.9 Å². The SMILES string of the molecule is CO[C@@]1([C@@H](C)S)CC(N)=N[C@]1(C)c1cc(NC(=O)c2ccc(C#N)cn2)ccc1F. The summed E-state index contributed by atoms with van der Waals surface area (Å²) in [5, 5.41) is 11.2. The number of carbonyl (C=O) groups is 1. The normalized spacial score (nSPS) is 24.1. The van der Waals surface area contributed by atoms with Gasteiger partial charge in [-0.25, -0.2) is 9.37 Å². The number of nitrogens with zero attached hydrogens (tertiary/aromatic N) is 3. The lowest BCUT2D eigenvalue weighted by Gasteiger charge is -2.43. The van der Waals surface area contributed by atoms with Crippen LogP contribution in [0.25, 0.3) is 0 Å². The van der Waals surface area contributed by atoms with Crippen LogP contribution in [0, 0.1) is 17.1 Å². The average molecular weight is 428 g/mol. The van der Waals surface area contributed by atoms with Crippen LogP contribution in [0.3, 0.4) is 0 Å². The third kappa shape index (κ3) is 3.53. The van der Waals surface area contributed by atoms with Crippen molar-refractivity contribution >= 4 is 30.1 Å². The van der Waals surface area contributed by atoms with Gasteiger partial charge in [0, 0.05) is 36.2 Å². The Hall–Kier alpha value is -2.96. The molecule has 0 unspecified atom stereocenters. The Morgan fingerprint density at radius 3 is 2.73 bits per heavy atom. The zero-order valence-corrected chi connectivity index (χ0v) is 17.7. The van der Waals surface area contributed by atoms with E-state index in [1.165, 1.54) is 43.6 Å². The molecular weight excluding hydrogens is 405 g/mol. The van der Waals surface area contributed by atoms with Crippen molar-refractivity contribution in [1.29, 1.82) is 5.26 Å². The number of hydrogen-bond acceptors (Lipinski definition) is 7. The van der Waals surface area contributed by atoms with Crippen molar-refractivity contribution in [1.82, 2.24) is 4.98 Å². The summed E-state index contributed by atoms with van der Waals surface area (Å²) in [5.74, 6) is -0.645.